The molecule has 0 spiro atoms. The fourth-order valence-corrected chi connectivity index (χ4v) is 5.32. The Morgan fingerprint density at radius 1 is 1.14 bits per heavy atom. The molecule has 0 aliphatic carbocycles. The Bertz CT molecular complexity index is 698. The van der Waals surface area contributed by atoms with Crippen molar-refractivity contribution in [2.24, 2.45) is 0 Å². The van der Waals surface area contributed by atoms with E-state index in [2.05, 4.69) is 12.3 Å². The summed E-state index contributed by atoms with van der Waals surface area (Å²) in [5, 5.41) is 0. The number of rotatable bonds is 7. The summed E-state index contributed by atoms with van der Waals surface area (Å²) in [7, 11) is -15.3. The van der Waals surface area contributed by atoms with Crippen LogP contribution in [0.25, 0.3) is 0 Å². The summed E-state index contributed by atoms with van der Waals surface area (Å²) in [6.07, 6.45) is 3.91. The Morgan fingerprint density at radius 3 is 1.95 bits per heavy atom. The molecule has 0 aliphatic rings. The van der Waals surface area contributed by atoms with Crippen LogP contribution in [-0.2, 0) is 19.2 Å². The maximum atomic E-state index is 11.9. The SMILES string of the molecule is C=C=C/C(C)=C\C=C(C)S(=O)(=O)NC(P(=O)(O)O)P(=O)(O)O. The lowest BCUT2D eigenvalue weighted by molar-refractivity contribution is 0.335. The average Bonchev–Trinajstić information content (AvgIpc) is 2.30. The maximum Gasteiger partial charge on any atom is 0.355 e. The van der Waals surface area contributed by atoms with Gasteiger partial charge in [-0.2, -0.15) is 4.72 Å². The third-order valence-electron chi connectivity index (χ3n) is 2.23. The van der Waals surface area contributed by atoms with E-state index in [1.165, 1.54) is 16.9 Å². The number of hydrogen-bond acceptors (Lipinski definition) is 4. The van der Waals surface area contributed by atoms with Gasteiger partial charge in [0.1, 0.15) is 0 Å². The minimum atomic E-state index is -5.40. The molecule has 0 saturated carbocycles. The van der Waals surface area contributed by atoms with Crippen LogP contribution >= 0.6 is 15.2 Å². The molecule has 0 amide bonds. The van der Waals surface area contributed by atoms with Crippen LogP contribution < -0.4 is 4.72 Å². The molecule has 126 valence electrons. The van der Waals surface area contributed by atoms with Crippen molar-refractivity contribution in [3.63, 3.8) is 0 Å². The standard InChI is InChI=1S/C10H17NO8P2S/c1-4-5-8(2)6-7-9(3)22(18,19)11-10(20(12,13)14)21(15,16)17/h5-7,10-11H,1H2,2-3H3,(H2,12,13,14)(H2,15,16,17)/b8-6-,9-7?. The first-order valence-electron chi connectivity index (χ1n) is 5.55. The second-order valence-electron chi connectivity index (χ2n) is 4.21. The Morgan fingerprint density at radius 2 is 1.59 bits per heavy atom. The van der Waals surface area contributed by atoms with Crippen LogP contribution in [0.2, 0.25) is 0 Å². The van der Waals surface area contributed by atoms with Crippen LogP contribution in [0.15, 0.2) is 41.0 Å². The minimum absolute atomic E-state index is 0.392. The third-order valence-corrected chi connectivity index (χ3v) is 7.45. The van der Waals surface area contributed by atoms with Gasteiger partial charge < -0.3 is 19.6 Å². The van der Waals surface area contributed by atoms with Gasteiger partial charge in [-0.15, -0.1) is 5.73 Å². The Labute approximate surface area is 128 Å². The largest absolute Gasteiger partial charge is 0.355 e. The summed E-state index contributed by atoms with van der Waals surface area (Å²) in [5.74, 6) is 0. The predicted molar refractivity (Wildman–Crippen MR) is 81.2 cm³/mol. The molecule has 5 N–H and O–H groups in total. The summed E-state index contributed by atoms with van der Waals surface area (Å²) in [6, 6.07) is 0. The highest BCUT2D eigenvalue weighted by atomic mass is 32.2. The summed E-state index contributed by atoms with van der Waals surface area (Å²) in [5.41, 5.74) is 0.206. The van der Waals surface area contributed by atoms with E-state index in [0.29, 0.717) is 5.57 Å². The zero-order chi connectivity index (χ0) is 17.8. The second kappa shape index (κ2) is 7.66. The highest BCUT2D eigenvalue weighted by Gasteiger charge is 2.46. The van der Waals surface area contributed by atoms with Crippen molar-refractivity contribution in [1.29, 1.82) is 0 Å². The Kier molecular flexibility index (Phi) is 7.38. The minimum Gasteiger partial charge on any atom is -0.323 e. The molecule has 0 heterocycles. The van der Waals surface area contributed by atoms with E-state index in [9.17, 15) is 17.5 Å². The first-order chi connectivity index (χ1) is 9.71. The number of hydrogen-bond donors (Lipinski definition) is 5. The molecular weight excluding hydrogens is 356 g/mol. The molecular formula is C10H17NO8P2S. The molecule has 9 nitrogen and oxygen atoms in total. The van der Waals surface area contributed by atoms with Gasteiger partial charge in [-0.05, 0) is 31.6 Å². The lowest BCUT2D eigenvalue weighted by Gasteiger charge is -2.20. The van der Waals surface area contributed by atoms with E-state index in [0.717, 1.165) is 13.0 Å². The Balaban J connectivity index is 5.63. The zero-order valence-corrected chi connectivity index (χ0v) is 14.3. The van der Waals surface area contributed by atoms with Crippen LogP contribution in [0.3, 0.4) is 0 Å². The monoisotopic (exact) mass is 373 g/mol. The first kappa shape index (κ1) is 21.2. The lowest BCUT2D eigenvalue weighted by atomic mass is 10.2. The normalized spacial score (nSPS) is 14.9. The van der Waals surface area contributed by atoms with Crippen molar-refractivity contribution < 1.29 is 37.1 Å². The van der Waals surface area contributed by atoms with Crippen LogP contribution in [0.5, 0.6) is 0 Å². The van der Waals surface area contributed by atoms with Gasteiger partial charge in [0.15, 0.2) is 0 Å². The summed E-state index contributed by atoms with van der Waals surface area (Å²) >= 11 is 0. The fourth-order valence-electron chi connectivity index (χ4n) is 1.11. The first-order valence-corrected chi connectivity index (χ1v) is 10.4. The summed E-state index contributed by atoms with van der Waals surface area (Å²) < 4.78 is 47.2. The van der Waals surface area contributed by atoms with Gasteiger partial charge >= 0.3 is 15.2 Å². The zero-order valence-electron chi connectivity index (χ0n) is 11.7. The molecule has 0 saturated heterocycles. The van der Waals surface area contributed by atoms with Crippen molar-refractivity contribution in [2.75, 3.05) is 0 Å². The lowest BCUT2D eigenvalue weighted by Crippen LogP contribution is -2.35. The molecule has 0 atom stereocenters. The topological polar surface area (TPSA) is 161 Å². The smallest absolute Gasteiger partial charge is 0.323 e. The molecule has 0 unspecified atom stereocenters. The van der Waals surface area contributed by atoms with Gasteiger partial charge in [0.05, 0.1) is 4.91 Å². The highest BCUT2D eigenvalue weighted by molar-refractivity contribution is 7.94. The summed E-state index contributed by atoms with van der Waals surface area (Å²) in [4.78, 5) is 35.2. The quantitative estimate of drug-likeness (QED) is 0.248. The molecule has 0 rings (SSSR count). The predicted octanol–water partition coefficient (Wildman–Crippen LogP) is 0.736. The maximum absolute atomic E-state index is 11.9. The molecule has 0 aliphatic heterocycles. The van der Waals surface area contributed by atoms with E-state index in [4.69, 9.17) is 19.6 Å². The van der Waals surface area contributed by atoms with E-state index >= 15 is 0 Å². The van der Waals surface area contributed by atoms with Gasteiger partial charge in [-0.25, -0.2) is 8.42 Å². The molecule has 0 aromatic carbocycles. The molecule has 22 heavy (non-hydrogen) atoms. The average molecular weight is 373 g/mol. The fraction of sp³-hybridized carbons (Fsp3) is 0.300. The number of nitrogens with one attached hydrogen (secondary N) is 1. The molecule has 12 heteroatoms. The van der Waals surface area contributed by atoms with E-state index in [-0.39, 0.29) is 0 Å². The third kappa shape index (κ3) is 6.98. The van der Waals surface area contributed by atoms with Gasteiger partial charge in [0.25, 0.3) is 0 Å². The van der Waals surface area contributed by atoms with Crippen LogP contribution in [0.1, 0.15) is 13.8 Å². The number of sulfonamides is 1. The van der Waals surface area contributed by atoms with Crippen LogP contribution in [0, 0.1) is 0 Å². The van der Waals surface area contributed by atoms with Gasteiger partial charge in [-0.1, -0.05) is 12.7 Å². The molecule has 0 aromatic rings. The van der Waals surface area contributed by atoms with E-state index in [1.54, 1.807) is 6.92 Å². The van der Waals surface area contributed by atoms with Gasteiger partial charge in [0, 0.05) is 0 Å². The van der Waals surface area contributed by atoms with Crippen molar-refractivity contribution in [2.45, 2.75) is 19.4 Å². The molecule has 0 radical (unpaired) electrons. The molecule has 0 fully saturated rings. The van der Waals surface area contributed by atoms with Crippen molar-refractivity contribution in [3.8, 4) is 0 Å². The van der Waals surface area contributed by atoms with E-state index in [1.807, 2.05) is 0 Å². The highest BCUT2D eigenvalue weighted by Crippen LogP contribution is 2.58. The van der Waals surface area contributed by atoms with Crippen molar-refractivity contribution in [1.82, 2.24) is 4.72 Å². The second-order valence-corrected chi connectivity index (χ2v) is 9.89. The van der Waals surface area contributed by atoms with Crippen molar-refractivity contribution in [3.05, 3.63) is 41.0 Å². The Hall–Kier alpha value is -0.790. The number of allylic oxidation sites excluding steroid dienone is 5. The van der Waals surface area contributed by atoms with Gasteiger partial charge in [0.2, 0.25) is 15.5 Å². The van der Waals surface area contributed by atoms with Gasteiger partial charge in [-0.3, -0.25) is 9.13 Å². The van der Waals surface area contributed by atoms with Crippen molar-refractivity contribution >= 4 is 25.2 Å². The summed E-state index contributed by atoms with van der Waals surface area (Å²) in [6.45, 7) is 6.04. The molecule has 0 aromatic heterocycles. The molecule has 0 bridgehead atoms. The van der Waals surface area contributed by atoms with E-state index < -0.39 is 35.6 Å². The van der Waals surface area contributed by atoms with Crippen LogP contribution in [-0.4, -0.2) is 33.5 Å². The van der Waals surface area contributed by atoms with Crippen LogP contribution in [0.4, 0.5) is 0 Å².